The van der Waals surface area contributed by atoms with Gasteiger partial charge in [0, 0.05) is 39.4 Å². The Morgan fingerprint density at radius 2 is 2.38 bits per heavy atom. The van der Waals surface area contributed by atoms with E-state index in [1.54, 1.807) is 25.0 Å². The average Bonchev–Trinajstić information content (AvgIpc) is 2.54. The molecule has 0 aliphatic carbocycles. The second kappa shape index (κ2) is 5.77. The SMILES string of the molecule is COCCC(N)CC(=O)c1cn(C)nc1C. The number of methoxy groups -OCH3 is 1. The van der Waals surface area contributed by atoms with Crippen molar-refractivity contribution in [2.24, 2.45) is 12.8 Å². The van der Waals surface area contributed by atoms with Crippen LogP contribution in [-0.2, 0) is 11.8 Å². The molecule has 0 saturated heterocycles. The topological polar surface area (TPSA) is 70.1 Å². The van der Waals surface area contributed by atoms with E-state index in [2.05, 4.69) is 5.10 Å². The minimum atomic E-state index is -0.146. The molecule has 0 aliphatic heterocycles. The van der Waals surface area contributed by atoms with Gasteiger partial charge in [-0.2, -0.15) is 5.10 Å². The van der Waals surface area contributed by atoms with Crippen LogP contribution >= 0.6 is 0 Å². The summed E-state index contributed by atoms with van der Waals surface area (Å²) in [6, 6.07) is -0.146. The number of aromatic nitrogens is 2. The monoisotopic (exact) mass is 225 g/mol. The van der Waals surface area contributed by atoms with Crippen molar-refractivity contribution in [2.75, 3.05) is 13.7 Å². The highest BCUT2D eigenvalue weighted by Gasteiger charge is 2.15. The predicted octanol–water partition coefficient (Wildman–Crippen LogP) is 0.665. The van der Waals surface area contributed by atoms with E-state index in [0.717, 1.165) is 5.69 Å². The minimum Gasteiger partial charge on any atom is -0.385 e. The maximum atomic E-state index is 11.9. The number of hydrogen-bond donors (Lipinski definition) is 1. The van der Waals surface area contributed by atoms with Crippen LogP contribution in [0.25, 0.3) is 0 Å². The first-order chi connectivity index (χ1) is 7.54. The molecule has 1 heterocycles. The second-order valence-electron chi connectivity index (χ2n) is 3.97. The number of carbonyl (C=O) groups is 1. The molecule has 0 amide bonds. The molecule has 0 spiro atoms. The average molecular weight is 225 g/mol. The molecule has 1 aromatic rings. The Balaban J connectivity index is 2.55. The van der Waals surface area contributed by atoms with Crippen molar-refractivity contribution in [2.45, 2.75) is 25.8 Å². The quantitative estimate of drug-likeness (QED) is 0.722. The Kier molecular flexibility index (Phi) is 4.64. The molecule has 0 radical (unpaired) electrons. The molecule has 90 valence electrons. The standard InChI is InChI=1S/C11H19N3O2/c1-8-10(7-14(2)13-8)11(15)6-9(12)4-5-16-3/h7,9H,4-6,12H2,1-3H3. The van der Waals surface area contributed by atoms with E-state index in [4.69, 9.17) is 10.5 Å². The van der Waals surface area contributed by atoms with Crippen molar-refractivity contribution in [3.8, 4) is 0 Å². The number of rotatable bonds is 6. The van der Waals surface area contributed by atoms with Gasteiger partial charge in [0.1, 0.15) is 0 Å². The summed E-state index contributed by atoms with van der Waals surface area (Å²) in [4.78, 5) is 11.9. The van der Waals surface area contributed by atoms with Crippen molar-refractivity contribution in [3.63, 3.8) is 0 Å². The van der Waals surface area contributed by atoms with Crippen LogP contribution < -0.4 is 5.73 Å². The summed E-state index contributed by atoms with van der Waals surface area (Å²) in [6.07, 6.45) is 2.78. The highest BCUT2D eigenvalue weighted by atomic mass is 16.5. The molecule has 16 heavy (non-hydrogen) atoms. The van der Waals surface area contributed by atoms with Crippen LogP contribution in [0.3, 0.4) is 0 Å². The molecule has 5 heteroatoms. The van der Waals surface area contributed by atoms with E-state index < -0.39 is 0 Å². The van der Waals surface area contributed by atoms with Gasteiger partial charge in [-0.1, -0.05) is 0 Å². The Hall–Kier alpha value is -1.20. The van der Waals surface area contributed by atoms with E-state index >= 15 is 0 Å². The Morgan fingerprint density at radius 3 is 2.88 bits per heavy atom. The zero-order valence-corrected chi connectivity index (χ0v) is 10.1. The summed E-state index contributed by atoms with van der Waals surface area (Å²) in [6.45, 7) is 2.41. The van der Waals surface area contributed by atoms with Crippen molar-refractivity contribution in [1.82, 2.24) is 9.78 Å². The summed E-state index contributed by atoms with van der Waals surface area (Å²) in [5, 5.41) is 4.13. The minimum absolute atomic E-state index is 0.0502. The third kappa shape index (κ3) is 3.43. The Bertz CT molecular complexity index is 360. The van der Waals surface area contributed by atoms with Crippen LogP contribution in [0, 0.1) is 6.92 Å². The highest BCUT2D eigenvalue weighted by Crippen LogP contribution is 2.10. The van der Waals surface area contributed by atoms with Gasteiger partial charge >= 0.3 is 0 Å². The van der Waals surface area contributed by atoms with Crippen LogP contribution in [0.1, 0.15) is 28.9 Å². The largest absolute Gasteiger partial charge is 0.385 e. The van der Waals surface area contributed by atoms with Crippen LogP contribution in [-0.4, -0.2) is 35.3 Å². The maximum Gasteiger partial charge on any atom is 0.167 e. The van der Waals surface area contributed by atoms with Crippen LogP contribution in [0.15, 0.2) is 6.20 Å². The van der Waals surface area contributed by atoms with Gasteiger partial charge in [-0.3, -0.25) is 9.48 Å². The van der Waals surface area contributed by atoms with E-state index in [0.29, 0.717) is 25.0 Å². The van der Waals surface area contributed by atoms with Gasteiger partial charge in [-0.05, 0) is 13.3 Å². The molecule has 0 bridgehead atoms. The molecule has 0 aromatic carbocycles. The van der Waals surface area contributed by atoms with Crippen LogP contribution in [0.4, 0.5) is 0 Å². The number of Topliss-reactive ketones (excluding diaryl/α,β-unsaturated/α-hetero) is 1. The Morgan fingerprint density at radius 1 is 1.69 bits per heavy atom. The summed E-state index contributed by atoms with van der Waals surface area (Å²) in [7, 11) is 3.43. The summed E-state index contributed by atoms with van der Waals surface area (Å²) in [5.41, 5.74) is 7.25. The van der Waals surface area contributed by atoms with Crippen molar-refractivity contribution >= 4 is 5.78 Å². The molecule has 5 nitrogen and oxygen atoms in total. The van der Waals surface area contributed by atoms with E-state index in [-0.39, 0.29) is 11.8 Å². The lowest BCUT2D eigenvalue weighted by molar-refractivity contribution is 0.0966. The number of ketones is 1. The molecule has 0 saturated carbocycles. The zero-order chi connectivity index (χ0) is 12.1. The molecule has 1 atom stereocenters. The predicted molar refractivity (Wildman–Crippen MR) is 61.4 cm³/mol. The van der Waals surface area contributed by atoms with Crippen LogP contribution in [0.2, 0.25) is 0 Å². The lowest BCUT2D eigenvalue weighted by atomic mass is 10.0. The van der Waals surface area contributed by atoms with Gasteiger partial charge in [0.25, 0.3) is 0 Å². The van der Waals surface area contributed by atoms with Crippen molar-refractivity contribution in [1.29, 1.82) is 0 Å². The van der Waals surface area contributed by atoms with Crippen LogP contribution in [0.5, 0.6) is 0 Å². The van der Waals surface area contributed by atoms with E-state index in [1.165, 1.54) is 0 Å². The number of nitrogens with two attached hydrogens (primary N) is 1. The number of nitrogens with zero attached hydrogens (tertiary/aromatic N) is 2. The second-order valence-corrected chi connectivity index (χ2v) is 3.97. The highest BCUT2D eigenvalue weighted by molar-refractivity contribution is 5.97. The van der Waals surface area contributed by atoms with E-state index in [1.807, 2.05) is 6.92 Å². The van der Waals surface area contributed by atoms with Crippen molar-refractivity contribution < 1.29 is 9.53 Å². The van der Waals surface area contributed by atoms with Gasteiger partial charge in [-0.25, -0.2) is 0 Å². The third-order valence-electron chi connectivity index (χ3n) is 2.45. The molecule has 0 fully saturated rings. The molecule has 1 unspecified atom stereocenters. The first-order valence-corrected chi connectivity index (χ1v) is 5.32. The Labute approximate surface area is 95.6 Å². The molecule has 1 rings (SSSR count). The fourth-order valence-corrected chi connectivity index (χ4v) is 1.59. The number of carbonyl (C=O) groups excluding carboxylic acids is 1. The summed E-state index contributed by atoms with van der Waals surface area (Å²) < 4.78 is 6.56. The third-order valence-corrected chi connectivity index (χ3v) is 2.45. The number of ether oxygens (including phenoxy) is 1. The first kappa shape index (κ1) is 12.9. The zero-order valence-electron chi connectivity index (χ0n) is 10.1. The first-order valence-electron chi connectivity index (χ1n) is 5.32. The number of hydrogen-bond acceptors (Lipinski definition) is 4. The lowest BCUT2D eigenvalue weighted by Crippen LogP contribution is -2.25. The van der Waals surface area contributed by atoms with Gasteiger partial charge in [-0.15, -0.1) is 0 Å². The molecule has 2 N–H and O–H groups in total. The van der Waals surface area contributed by atoms with Gasteiger partial charge in [0.2, 0.25) is 0 Å². The smallest absolute Gasteiger partial charge is 0.167 e. The van der Waals surface area contributed by atoms with Gasteiger partial charge in [0.05, 0.1) is 11.3 Å². The van der Waals surface area contributed by atoms with Gasteiger partial charge < -0.3 is 10.5 Å². The lowest BCUT2D eigenvalue weighted by Gasteiger charge is -2.09. The fourth-order valence-electron chi connectivity index (χ4n) is 1.59. The molecule has 0 aliphatic rings. The normalized spacial score (nSPS) is 12.8. The molecular formula is C11H19N3O2. The summed E-state index contributed by atoms with van der Waals surface area (Å²) >= 11 is 0. The number of aryl methyl sites for hydroxylation is 2. The fraction of sp³-hybridized carbons (Fsp3) is 0.636. The van der Waals surface area contributed by atoms with Gasteiger partial charge in [0.15, 0.2) is 5.78 Å². The van der Waals surface area contributed by atoms with Crippen molar-refractivity contribution in [3.05, 3.63) is 17.5 Å². The molecular weight excluding hydrogens is 206 g/mol. The van der Waals surface area contributed by atoms with E-state index in [9.17, 15) is 4.79 Å². The maximum absolute atomic E-state index is 11.9. The molecule has 1 aromatic heterocycles. The summed E-state index contributed by atoms with van der Waals surface area (Å²) in [5.74, 6) is 0.0502.